The molecular weight excluding hydrogens is 246 g/mol. The van der Waals surface area contributed by atoms with Crippen LogP contribution in [0.3, 0.4) is 0 Å². The molecule has 0 aliphatic rings. The van der Waals surface area contributed by atoms with Crippen LogP contribution in [0, 0.1) is 0 Å². The molecule has 0 unspecified atom stereocenters. The van der Waals surface area contributed by atoms with Gasteiger partial charge >= 0.3 is 5.97 Å². The molecule has 0 aliphatic carbocycles. The Morgan fingerprint density at radius 3 is 2.41 bits per heavy atom. The van der Waals surface area contributed by atoms with Crippen LogP contribution in [0.1, 0.15) is 5.69 Å². The molecule has 1 rings (SSSR count). The molecule has 1 heterocycles. The lowest BCUT2D eigenvalue weighted by atomic mass is 10.3. The third-order valence-corrected chi connectivity index (χ3v) is 2.83. The van der Waals surface area contributed by atoms with Gasteiger partial charge in [-0.25, -0.2) is 18.4 Å². The highest BCUT2D eigenvalue weighted by molar-refractivity contribution is 7.90. The van der Waals surface area contributed by atoms with Gasteiger partial charge in [0.15, 0.2) is 14.9 Å². The maximum Gasteiger partial charge on any atom is 0.309 e. The molecule has 7 nitrogen and oxygen atoms in total. The van der Waals surface area contributed by atoms with E-state index in [1.54, 1.807) is 14.1 Å². The molecule has 1 aromatic rings. The molecule has 1 aromatic heterocycles. The molecule has 0 bridgehead atoms. The lowest BCUT2D eigenvalue weighted by Crippen LogP contribution is -2.17. The normalized spacial score (nSPS) is 11.2. The predicted octanol–water partition coefficient (Wildman–Crippen LogP) is -0.427. The zero-order valence-electron chi connectivity index (χ0n) is 9.71. The minimum atomic E-state index is -3.49. The van der Waals surface area contributed by atoms with Crippen LogP contribution in [-0.4, -0.2) is 49.8 Å². The number of carboxylic acid groups (broad SMARTS) is 1. The van der Waals surface area contributed by atoms with Crippen molar-refractivity contribution in [2.45, 2.75) is 11.4 Å². The number of nitrogens with zero attached hydrogens (tertiary/aromatic N) is 3. The van der Waals surface area contributed by atoms with Crippen LogP contribution in [0.4, 0.5) is 5.95 Å². The molecule has 0 aromatic carbocycles. The van der Waals surface area contributed by atoms with Gasteiger partial charge in [-0.3, -0.25) is 4.79 Å². The first kappa shape index (κ1) is 13.4. The Labute approximate surface area is 99.0 Å². The highest BCUT2D eigenvalue weighted by atomic mass is 32.2. The van der Waals surface area contributed by atoms with E-state index in [4.69, 9.17) is 5.11 Å². The minimum absolute atomic E-state index is 0.164. The quantitative estimate of drug-likeness (QED) is 0.732. The van der Waals surface area contributed by atoms with Crippen LogP contribution < -0.4 is 4.90 Å². The van der Waals surface area contributed by atoms with Crippen molar-refractivity contribution in [3.63, 3.8) is 0 Å². The summed E-state index contributed by atoms with van der Waals surface area (Å²) in [5.74, 6) is -0.906. The van der Waals surface area contributed by atoms with Crippen molar-refractivity contribution in [3.8, 4) is 0 Å². The Morgan fingerprint density at radius 1 is 1.41 bits per heavy atom. The number of hydrogen-bond acceptors (Lipinski definition) is 6. The second kappa shape index (κ2) is 4.66. The molecule has 0 radical (unpaired) electrons. The average Bonchev–Trinajstić information content (AvgIpc) is 2.14. The van der Waals surface area contributed by atoms with Gasteiger partial charge in [-0.05, 0) is 6.07 Å². The Hall–Kier alpha value is -1.70. The summed E-state index contributed by atoms with van der Waals surface area (Å²) in [4.78, 5) is 19.9. The van der Waals surface area contributed by atoms with Crippen LogP contribution in [0.5, 0.6) is 0 Å². The number of carboxylic acids is 1. The number of rotatable bonds is 4. The van der Waals surface area contributed by atoms with Gasteiger partial charge in [-0.2, -0.15) is 0 Å². The van der Waals surface area contributed by atoms with Crippen LogP contribution in [0.2, 0.25) is 0 Å². The van der Waals surface area contributed by atoms with E-state index in [-0.39, 0.29) is 23.1 Å². The van der Waals surface area contributed by atoms with Gasteiger partial charge in [0.25, 0.3) is 0 Å². The molecule has 0 atom stereocenters. The Balaban J connectivity index is 3.34. The van der Waals surface area contributed by atoms with E-state index >= 15 is 0 Å². The maximum atomic E-state index is 11.4. The molecule has 0 spiro atoms. The monoisotopic (exact) mass is 259 g/mol. The van der Waals surface area contributed by atoms with Crippen molar-refractivity contribution in [1.29, 1.82) is 0 Å². The second-order valence-corrected chi connectivity index (χ2v) is 5.70. The smallest absolute Gasteiger partial charge is 0.309 e. The van der Waals surface area contributed by atoms with E-state index < -0.39 is 15.8 Å². The molecule has 0 amide bonds. The zero-order valence-corrected chi connectivity index (χ0v) is 10.5. The summed E-state index contributed by atoms with van der Waals surface area (Å²) < 4.78 is 22.8. The summed E-state index contributed by atoms with van der Waals surface area (Å²) in [7, 11) is -0.198. The first-order valence-corrected chi connectivity index (χ1v) is 6.56. The fraction of sp³-hybridized carbons (Fsp3) is 0.444. The van der Waals surface area contributed by atoms with Gasteiger partial charge in [-0.1, -0.05) is 0 Å². The van der Waals surface area contributed by atoms with Crippen molar-refractivity contribution >= 4 is 21.8 Å². The molecule has 0 saturated heterocycles. The molecular formula is C9H13N3O4S. The van der Waals surface area contributed by atoms with Gasteiger partial charge in [0.1, 0.15) is 0 Å². The van der Waals surface area contributed by atoms with E-state index in [9.17, 15) is 13.2 Å². The summed E-state index contributed by atoms with van der Waals surface area (Å²) >= 11 is 0. The summed E-state index contributed by atoms with van der Waals surface area (Å²) in [5.41, 5.74) is 0.164. The van der Waals surface area contributed by atoms with E-state index in [0.717, 1.165) is 6.26 Å². The second-order valence-electron chi connectivity index (χ2n) is 3.73. The highest BCUT2D eigenvalue weighted by Crippen LogP contribution is 2.13. The van der Waals surface area contributed by atoms with Gasteiger partial charge < -0.3 is 10.0 Å². The highest BCUT2D eigenvalue weighted by Gasteiger charge is 2.15. The standard InChI is InChI=1S/C9H13N3O4S/c1-12(2)9-10-6(5-8(13)14)4-7(11-9)17(3,15)16/h4H,5H2,1-3H3,(H,13,14). The van der Waals surface area contributed by atoms with Crippen LogP contribution in [0.15, 0.2) is 11.1 Å². The lowest BCUT2D eigenvalue weighted by molar-refractivity contribution is -0.136. The number of carbonyl (C=O) groups is 1. The van der Waals surface area contributed by atoms with Crippen molar-refractivity contribution in [2.24, 2.45) is 0 Å². The van der Waals surface area contributed by atoms with Gasteiger partial charge in [0.05, 0.1) is 12.1 Å². The molecule has 8 heteroatoms. The lowest BCUT2D eigenvalue weighted by Gasteiger charge is -2.12. The number of hydrogen-bond donors (Lipinski definition) is 1. The molecule has 17 heavy (non-hydrogen) atoms. The summed E-state index contributed by atoms with van der Waals surface area (Å²) in [6.07, 6.45) is 0.672. The molecule has 0 saturated carbocycles. The summed E-state index contributed by atoms with van der Waals surface area (Å²) in [6.45, 7) is 0. The van der Waals surface area contributed by atoms with Crippen molar-refractivity contribution in [2.75, 3.05) is 25.3 Å². The average molecular weight is 259 g/mol. The molecule has 0 fully saturated rings. The summed E-state index contributed by atoms with van der Waals surface area (Å²) in [5, 5.41) is 8.49. The molecule has 1 N–H and O–H groups in total. The van der Waals surface area contributed by atoms with Crippen molar-refractivity contribution < 1.29 is 18.3 Å². The Morgan fingerprint density at radius 2 is 2.00 bits per heavy atom. The van der Waals surface area contributed by atoms with E-state index in [0.29, 0.717) is 0 Å². The van der Waals surface area contributed by atoms with Crippen LogP contribution >= 0.6 is 0 Å². The third kappa shape index (κ3) is 3.66. The van der Waals surface area contributed by atoms with Crippen molar-refractivity contribution in [1.82, 2.24) is 9.97 Å². The first-order chi connectivity index (χ1) is 7.70. The largest absolute Gasteiger partial charge is 0.481 e. The predicted molar refractivity (Wildman–Crippen MR) is 60.8 cm³/mol. The Bertz CT molecular complexity index is 539. The number of anilines is 1. The van der Waals surface area contributed by atoms with Gasteiger partial charge in [0.2, 0.25) is 5.95 Å². The number of aromatic nitrogens is 2. The van der Waals surface area contributed by atoms with E-state index in [1.165, 1.54) is 11.0 Å². The molecule has 94 valence electrons. The van der Waals surface area contributed by atoms with Gasteiger partial charge in [-0.15, -0.1) is 0 Å². The van der Waals surface area contributed by atoms with Crippen molar-refractivity contribution in [3.05, 3.63) is 11.8 Å². The maximum absolute atomic E-state index is 11.4. The SMILES string of the molecule is CN(C)c1nc(CC(=O)O)cc(S(C)(=O)=O)n1. The minimum Gasteiger partial charge on any atom is -0.481 e. The first-order valence-electron chi connectivity index (χ1n) is 4.67. The van der Waals surface area contributed by atoms with E-state index in [2.05, 4.69) is 9.97 Å². The number of sulfone groups is 1. The van der Waals surface area contributed by atoms with Crippen LogP contribution in [0.25, 0.3) is 0 Å². The van der Waals surface area contributed by atoms with Gasteiger partial charge in [0, 0.05) is 20.4 Å². The number of aliphatic carboxylic acids is 1. The zero-order chi connectivity index (χ0) is 13.2. The fourth-order valence-electron chi connectivity index (χ4n) is 1.09. The van der Waals surface area contributed by atoms with E-state index in [1.807, 2.05) is 0 Å². The summed E-state index contributed by atoms with van der Waals surface area (Å²) in [6, 6.07) is 1.18. The third-order valence-electron chi connectivity index (χ3n) is 1.86. The molecule has 0 aliphatic heterocycles. The fourth-order valence-corrected chi connectivity index (χ4v) is 1.69. The van der Waals surface area contributed by atoms with Crippen LogP contribution in [-0.2, 0) is 21.1 Å². The topological polar surface area (TPSA) is 100 Å². The Kier molecular flexibility index (Phi) is 3.66.